The summed E-state index contributed by atoms with van der Waals surface area (Å²) in [6.45, 7) is 7.65. The second-order valence-corrected chi connectivity index (χ2v) is 9.25. The monoisotopic (exact) mass is 447 g/mol. The van der Waals surface area contributed by atoms with E-state index < -0.39 is 11.9 Å². The molecule has 1 aliphatic rings. The highest BCUT2D eigenvalue weighted by molar-refractivity contribution is 7.15. The second-order valence-electron chi connectivity index (χ2n) is 8.09. The first-order valence-electron chi connectivity index (χ1n) is 10.3. The number of anilines is 1. The van der Waals surface area contributed by atoms with Crippen LogP contribution in [0.1, 0.15) is 52.1 Å². The maximum atomic E-state index is 13.6. The summed E-state index contributed by atoms with van der Waals surface area (Å²) in [5, 5.41) is 9.85. The molecule has 7 nitrogen and oxygen atoms in total. The van der Waals surface area contributed by atoms with Gasteiger partial charge in [-0.25, -0.2) is 0 Å². The molecule has 0 aliphatic carbocycles. The molecule has 3 heterocycles. The number of aryl methyl sites for hydroxylation is 2. The molecule has 1 atom stereocenters. The quantitative estimate of drug-likeness (QED) is 0.447. The number of rotatable bonds is 4. The molecule has 4 aromatic rings. The van der Waals surface area contributed by atoms with Crippen molar-refractivity contribution < 1.29 is 13.9 Å². The molecule has 0 radical (unpaired) electrons. The van der Waals surface area contributed by atoms with Gasteiger partial charge in [-0.05, 0) is 57.5 Å². The third kappa shape index (κ3) is 3.27. The van der Waals surface area contributed by atoms with Crippen molar-refractivity contribution in [3.05, 3.63) is 80.1 Å². The fraction of sp³-hybridized carbons (Fsp3) is 0.250. The maximum Gasteiger partial charge on any atom is 0.297 e. The van der Waals surface area contributed by atoms with Gasteiger partial charge in [0, 0.05) is 0 Å². The van der Waals surface area contributed by atoms with E-state index in [-0.39, 0.29) is 17.3 Å². The van der Waals surface area contributed by atoms with Gasteiger partial charge in [0.15, 0.2) is 5.43 Å². The highest BCUT2D eigenvalue weighted by atomic mass is 32.1. The molecule has 5 rings (SSSR count). The lowest BCUT2D eigenvalue weighted by atomic mass is 9.98. The number of amides is 1. The van der Waals surface area contributed by atoms with Crippen molar-refractivity contribution in [2.75, 3.05) is 4.90 Å². The van der Waals surface area contributed by atoms with Gasteiger partial charge in [-0.15, -0.1) is 10.2 Å². The molecule has 0 fully saturated rings. The Hall–Kier alpha value is -3.52. The zero-order valence-corrected chi connectivity index (χ0v) is 18.9. The normalized spacial score (nSPS) is 15.6. The zero-order chi connectivity index (χ0) is 22.6. The first-order chi connectivity index (χ1) is 15.3. The largest absolute Gasteiger partial charge is 0.491 e. The van der Waals surface area contributed by atoms with Crippen LogP contribution in [0.25, 0.3) is 11.0 Å². The van der Waals surface area contributed by atoms with Gasteiger partial charge in [0.05, 0.1) is 23.1 Å². The number of carbonyl (C=O) groups excluding carboxylic acids is 1. The van der Waals surface area contributed by atoms with Gasteiger partial charge in [-0.1, -0.05) is 35.1 Å². The number of ether oxygens (including phenoxy) is 1. The predicted octanol–water partition coefficient (Wildman–Crippen LogP) is 4.80. The molecule has 0 saturated heterocycles. The summed E-state index contributed by atoms with van der Waals surface area (Å²) < 4.78 is 11.7. The van der Waals surface area contributed by atoms with Gasteiger partial charge in [0.25, 0.3) is 5.91 Å². The molecule has 0 saturated carbocycles. The topological polar surface area (TPSA) is 85.5 Å². The highest BCUT2D eigenvalue weighted by Crippen LogP contribution is 2.42. The summed E-state index contributed by atoms with van der Waals surface area (Å²) in [5.41, 5.74) is 2.20. The minimum absolute atomic E-state index is 0.0390. The Labute approximate surface area is 188 Å². The van der Waals surface area contributed by atoms with Crippen LogP contribution < -0.4 is 15.1 Å². The molecule has 8 heteroatoms. The van der Waals surface area contributed by atoms with Gasteiger partial charge >= 0.3 is 0 Å². The molecular formula is C24H21N3O4S. The lowest BCUT2D eigenvalue weighted by Crippen LogP contribution is -2.29. The molecule has 0 bridgehead atoms. The summed E-state index contributed by atoms with van der Waals surface area (Å²) in [4.78, 5) is 28.6. The molecule has 162 valence electrons. The van der Waals surface area contributed by atoms with Gasteiger partial charge in [-0.2, -0.15) is 0 Å². The lowest BCUT2D eigenvalue weighted by Gasteiger charge is -2.22. The van der Waals surface area contributed by atoms with E-state index in [2.05, 4.69) is 10.2 Å². The SMILES string of the molecule is Cc1ccc2oc3c(c(=O)c2c1)[C@H](c1ccc(OC(C)C)cc1)N(c1nnc(C)s1)C3=O. The van der Waals surface area contributed by atoms with Crippen LogP contribution in [0.4, 0.5) is 5.13 Å². The Morgan fingerprint density at radius 2 is 1.81 bits per heavy atom. The molecule has 1 aliphatic heterocycles. The van der Waals surface area contributed by atoms with Crippen LogP contribution in [0.5, 0.6) is 5.75 Å². The Bertz CT molecular complexity index is 1410. The van der Waals surface area contributed by atoms with Crippen LogP contribution in [0, 0.1) is 13.8 Å². The number of hydrogen-bond donors (Lipinski definition) is 0. The van der Waals surface area contributed by atoms with Crippen LogP contribution in [0.15, 0.2) is 51.7 Å². The van der Waals surface area contributed by atoms with E-state index in [1.165, 1.54) is 16.2 Å². The van der Waals surface area contributed by atoms with E-state index in [4.69, 9.17) is 9.15 Å². The van der Waals surface area contributed by atoms with E-state index >= 15 is 0 Å². The lowest BCUT2D eigenvalue weighted by molar-refractivity contribution is 0.0970. The number of hydrogen-bond acceptors (Lipinski definition) is 7. The zero-order valence-electron chi connectivity index (χ0n) is 18.1. The first-order valence-corrected chi connectivity index (χ1v) is 11.1. The third-order valence-electron chi connectivity index (χ3n) is 5.31. The minimum Gasteiger partial charge on any atom is -0.491 e. The Morgan fingerprint density at radius 1 is 1.06 bits per heavy atom. The summed E-state index contributed by atoms with van der Waals surface area (Å²) in [5.74, 6) is 0.364. The molecular weight excluding hydrogens is 426 g/mol. The number of aromatic nitrogens is 2. The first kappa shape index (κ1) is 20.4. The van der Waals surface area contributed by atoms with Gasteiger partial charge in [0.2, 0.25) is 10.9 Å². The van der Waals surface area contributed by atoms with E-state index in [0.717, 1.165) is 16.1 Å². The summed E-state index contributed by atoms with van der Waals surface area (Å²) in [6, 6.07) is 12.1. The molecule has 0 N–H and O–H groups in total. The van der Waals surface area contributed by atoms with Crippen LogP contribution in [0.2, 0.25) is 0 Å². The maximum absolute atomic E-state index is 13.6. The van der Waals surface area contributed by atoms with Crippen LogP contribution in [0.3, 0.4) is 0 Å². The summed E-state index contributed by atoms with van der Waals surface area (Å²) in [6.07, 6.45) is 0.0390. The van der Waals surface area contributed by atoms with E-state index in [1.54, 1.807) is 12.1 Å². The minimum atomic E-state index is -0.667. The number of nitrogens with zero attached hydrogens (tertiary/aromatic N) is 3. The van der Waals surface area contributed by atoms with Gasteiger partial charge in [0.1, 0.15) is 16.3 Å². The second kappa shape index (κ2) is 7.56. The fourth-order valence-corrected chi connectivity index (χ4v) is 4.70. The Balaban J connectivity index is 1.73. The standard InChI is InChI=1S/C24H21N3O4S/c1-12(2)30-16-8-6-15(7-9-16)20-19-21(28)17-11-13(3)5-10-18(17)31-22(19)23(29)27(20)24-26-25-14(4)32-24/h5-12,20H,1-4H3/t20-/m0/s1. The van der Waals surface area contributed by atoms with Crippen molar-refractivity contribution >= 4 is 33.3 Å². The van der Waals surface area contributed by atoms with Crippen molar-refractivity contribution in [1.82, 2.24) is 10.2 Å². The van der Waals surface area contributed by atoms with Crippen molar-refractivity contribution in [1.29, 1.82) is 0 Å². The molecule has 2 aromatic heterocycles. The third-order valence-corrected chi connectivity index (χ3v) is 6.15. The molecule has 2 aromatic carbocycles. The van der Waals surface area contributed by atoms with E-state index in [9.17, 15) is 9.59 Å². The van der Waals surface area contributed by atoms with E-state index in [1.807, 2.05) is 58.0 Å². The van der Waals surface area contributed by atoms with Crippen molar-refractivity contribution in [2.45, 2.75) is 39.8 Å². The summed E-state index contributed by atoms with van der Waals surface area (Å²) in [7, 11) is 0. The van der Waals surface area contributed by atoms with Crippen molar-refractivity contribution in [3.8, 4) is 5.75 Å². The van der Waals surface area contributed by atoms with Crippen molar-refractivity contribution in [2.24, 2.45) is 0 Å². The number of fused-ring (bicyclic) bond motifs is 2. The van der Waals surface area contributed by atoms with Gasteiger partial charge < -0.3 is 9.15 Å². The van der Waals surface area contributed by atoms with Crippen LogP contribution >= 0.6 is 11.3 Å². The summed E-state index contributed by atoms with van der Waals surface area (Å²) >= 11 is 1.30. The highest BCUT2D eigenvalue weighted by Gasteiger charge is 2.45. The van der Waals surface area contributed by atoms with E-state index in [0.29, 0.717) is 27.4 Å². The van der Waals surface area contributed by atoms with Crippen LogP contribution in [-0.4, -0.2) is 22.2 Å². The number of carbonyl (C=O) groups is 1. The molecule has 32 heavy (non-hydrogen) atoms. The number of benzene rings is 2. The Morgan fingerprint density at radius 3 is 2.47 bits per heavy atom. The predicted molar refractivity (Wildman–Crippen MR) is 123 cm³/mol. The average molecular weight is 448 g/mol. The van der Waals surface area contributed by atoms with Crippen molar-refractivity contribution in [3.63, 3.8) is 0 Å². The van der Waals surface area contributed by atoms with Gasteiger partial charge in [-0.3, -0.25) is 14.5 Å². The Kier molecular flexibility index (Phi) is 4.82. The van der Waals surface area contributed by atoms with Crippen LogP contribution in [-0.2, 0) is 0 Å². The smallest absolute Gasteiger partial charge is 0.297 e. The molecule has 0 unspecified atom stereocenters. The fourth-order valence-electron chi connectivity index (χ4n) is 3.98. The molecule has 0 spiro atoms. The molecule has 1 amide bonds. The average Bonchev–Trinajstić information content (AvgIpc) is 3.30.